The Balaban J connectivity index is 1.85. The Kier molecular flexibility index (Phi) is 7.64. The van der Waals surface area contributed by atoms with E-state index >= 15 is 0 Å². The predicted molar refractivity (Wildman–Crippen MR) is 98.7 cm³/mol. The van der Waals surface area contributed by atoms with Gasteiger partial charge in [0.05, 0.1) is 31.1 Å². The van der Waals surface area contributed by atoms with Crippen LogP contribution in [0.15, 0.2) is 24.3 Å². The van der Waals surface area contributed by atoms with Crippen molar-refractivity contribution in [1.82, 2.24) is 9.80 Å². The highest BCUT2D eigenvalue weighted by Gasteiger charge is 2.31. The number of alkyl halides is 3. The summed E-state index contributed by atoms with van der Waals surface area (Å²) in [7, 11) is 1.44. The van der Waals surface area contributed by atoms with Crippen molar-refractivity contribution in [2.75, 3.05) is 33.3 Å². The molecule has 0 aromatic heterocycles. The number of halogens is 3. The normalized spacial score (nSPS) is 15.1. The summed E-state index contributed by atoms with van der Waals surface area (Å²) in [5.74, 6) is -1.18. The largest absolute Gasteiger partial charge is 0.466 e. The Bertz CT molecular complexity index is 743. The number of hydrogen-bond donors (Lipinski definition) is 0. The van der Waals surface area contributed by atoms with E-state index in [1.807, 2.05) is 0 Å². The molecule has 29 heavy (non-hydrogen) atoms. The van der Waals surface area contributed by atoms with Crippen molar-refractivity contribution < 1.29 is 32.3 Å². The lowest BCUT2D eigenvalue weighted by Crippen LogP contribution is -2.45. The van der Waals surface area contributed by atoms with E-state index in [2.05, 4.69) is 0 Å². The lowest BCUT2D eigenvalue weighted by molar-refractivity contribution is -0.151. The summed E-state index contributed by atoms with van der Waals surface area (Å²) >= 11 is 0. The third-order valence-corrected chi connectivity index (χ3v) is 4.88. The van der Waals surface area contributed by atoms with Crippen LogP contribution in [-0.4, -0.2) is 60.9 Å². The SMILES string of the molecule is CCOC(=O)C1CCN(C(=O)CN(C)C(=O)Cc2cccc(C(F)(F)F)c2)CC1. The zero-order valence-corrected chi connectivity index (χ0v) is 16.5. The fraction of sp³-hybridized carbons (Fsp3) is 0.550. The molecular weight excluding hydrogens is 389 g/mol. The van der Waals surface area contributed by atoms with Crippen LogP contribution in [0.2, 0.25) is 0 Å². The van der Waals surface area contributed by atoms with E-state index in [-0.39, 0.29) is 36.3 Å². The first kappa shape index (κ1) is 22.7. The van der Waals surface area contributed by atoms with Crippen LogP contribution >= 0.6 is 0 Å². The standard InChI is InChI=1S/C20H25F3N2O4/c1-3-29-19(28)15-7-9-25(10-8-15)18(27)13-24(2)17(26)12-14-5-4-6-16(11-14)20(21,22)23/h4-6,11,15H,3,7-10,12-13H2,1-2H3. The fourth-order valence-electron chi connectivity index (χ4n) is 3.18. The van der Waals surface area contributed by atoms with Crippen molar-refractivity contribution in [1.29, 1.82) is 0 Å². The van der Waals surface area contributed by atoms with Gasteiger partial charge in [-0.3, -0.25) is 14.4 Å². The first-order valence-electron chi connectivity index (χ1n) is 9.46. The van der Waals surface area contributed by atoms with Crippen LogP contribution in [0.4, 0.5) is 13.2 Å². The minimum absolute atomic E-state index is 0.165. The number of carbonyl (C=O) groups is 3. The number of amides is 2. The van der Waals surface area contributed by atoms with Gasteiger partial charge in [0.1, 0.15) is 0 Å². The molecule has 0 unspecified atom stereocenters. The zero-order valence-electron chi connectivity index (χ0n) is 16.5. The van der Waals surface area contributed by atoms with E-state index in [9.17, 15) is 27.6 Å². The molecule has 1 aromatic carbocycles. The average molecular weight is 414 g/mol. The maximum atomic E-state index is 12.8. The Labute approximate surface area is 167 Å². The van der Waals surface area contributed by atoms with Crippen molar-refractivity contribution >= 4 is 17.8 Å². The van der Waals surface area contributed by atoms with Crippen LogP contribution in [0, 0.1) is 5.92 Å². The molecule has 1 aliphatic heterocycles. The van der Waals surface area contributed by atoms with Gasteiger partial charge in [-0.1, -0.05) is 18.2 Å². The van der Waals surface area contributed by atoms with Crippen molar-refractivity contribution in [2.45, 2.75) is 32.4 Å². The van der Waals surface area contributed by atoms with E-state index in [1.165, 1.54) is 24.1 Å². The summed E-state index contributed by atoms with van der Waals surface area (Å²) in [6, 6.07) is 4.59. The van der Waals surface area contributed by atoms with Gasteiger partial charge in [-0.15, -0.1) is 0 Å². The molecule has 0 spiro atoms. The summed E-state index contributed by atoms with van der Waals surface area (Å²) in [5, 5.41) is 0. The summed E-state index contributed by atoms with van der Waals surface area (Å²) < 4.78 is 43.4. The molecule has 0 N–H and O–H groups in total. The number of benzene rings is 1. The zero-order chi connectivity index (χ0) is 21.6. The van der Waals surface area contributed by atoms with Gasteiger partial charge in [-0.2, -0.15) is 13.2 Å². The molecule has 160 valence electrons. The summed E-state index contributed by atoms with van der Waals surface area (Å²) in [4.78, 5) is 39.3. The molecule has 2 amide bonds. The van der Waals surface area contributed by atoms with Crippen molar-refractivity contribution in [3.05, 3.63) is 35.4 Å². The first-order chi connectivity index (χ1) is 13.6. The summed E-state index contributed by atoms with van der Waals surface area (Å²) in [6.45, 7) is 2.69. The van der Waals surface area contributed by atoms with Gasteiger partial charge >= 0.3 is 12.1 Å². The lowest BCUT2D eigenvalue weighted by atomic mass is 9.97. The number of nitrogens with zero attached hydrogens (tertiary/aromatic N) is 2. The second kappa shape index (κ2) is 9.76. The van der Waals surface area contributed by atoms with Crippen molar-refractivity contribution in [3.8, 4) is 0 Å². The van der Waals surface area contributed by atoms with Gasteiger partial charge in [-0.05, 0) is 31.4 Å². The van der Waals surface area contributed by atoms with Crippen LogP contribution in [-0.2, 0) is 31.7 Å². The third-order valence-electron chi connectivity index (χ3n) is 4.88. The average Bonchev–Trinajstić information content (AvgIpc) is 2.67. The second-order valence-electron chi connectivity index (χ2n) is 7.03. The lowest BCUT2D eigenvalue weighted by Gasteiger charge is -2.32. The van der Waals surface area contributed by atoms with Crippen molar-refractivity contribution in [3.63, 3.8) is 0 Å². The molecule has 1 saturated heterocycles. The molecule has 0 radical (unpaired) electrons. The van der Waals surface area contributed by atoms with Gasteiger partial charge in [-0.25, -0.2) is 0 Å². The smallest absolute Gasteiger partial charge is 0.416 e. The maximum absolute atomic E-state index is 12.8. The molecule has 2 rings (SSSR count). The highest BCUT2D eigenvalue weighted by molar-refractivity contribution is 5.86. The quantitative estimate of drug-likeness (QED) is 0.671. The van der Waals surface area contributed by atoms with Gasteiger partial charge < -0.3 is 14.5 Å². The number of ether oxygens (including phenoxy) is 1. The Morgan fingerprint density at radius 1 is 1.21 bits per heavy atom. The summed E-state index contributed by atoms with van der Waals surface area (Å²) in [5.41, 5.74) is -0.578. The molecular formula is C20H25F3N2O4. The minimum atomic E-state index is -4.48. The van der Waals surface area contributed by atoms with Crippen LogP contribution in [0.1, 0.15) is 30.9 Å². The number of piperidine rings is 1. The first-order valence-corrected chi connectivity index (χ1v) is 9.46. The highest BCUT2D eigenvalue weighted by Crippen LogP contribution is 2.29. The topological polar surface area (TPSA) is 66.9 Å². The monoisotopic (exact) mass is 414 g/mol. The highest BCUT2D eigenvalue weighted by atomic mass is 19.4. The van der Waals surface area contributed by atoms with E-state index < -0.39 is 17.6 Å². The van der Waals surface area contributed by atoms with Crippen LogP contribution < -0.4 is 0 Å². The van der Waals surface area contributed by atoms with Gasteiger partial charge in [0, 0.05) is 20.1 Å². The number of likely N-dealkylation sites (tertiary alicyclic amines) is 1. The minimum Gasteiger partial charge on any atom is -0.466 e. The predicted octanol–water partition coefficient (Wildman–Crippen LogP) is 2.51. The molecule has 9 heteroatoms. The molecule has 1 aromatic rings. The van der Waals surface area contributed by atoms with E-state index in [0.717, 1.165) is 12.1 Å². The molecule has 1 aliphatic rings. The fourth-order valence-corrected chi connectivity index (χ4v) is 3.18. The van der Waals surface area contributed by atoms with E-state index in [4.69, 9.17) is 4.74 Å². The molecule has 0 atom stereocenters. The van der Waals surface area contributed by atoms with Gasteiger partial charge in [0.25, 0.3) is 0 Å². The Hall–Kier alpha value is -2.58. The Morgan fingerprint density at radius 2 is 1.86 bits per heavy atom. The third kappa shape index (κ3) is 6.47. The van der Waals surface area contributed by atoms with Gasteiger partial charge in [0.2, 0.25) is 11.8 Å². The van der Waals surface area contributed by atoms with Gasteiger partial charge in [0.15, 0.2) is 0 Å². The summed E-state index contributed by atoms with van der Waals surface area (Å²) in [6.07, 6.45) is -3.69. The van der Waals surface area contributed by atoms with E-state index in [0.29, 0.717) is 32.5 Å². The molecule has 0 aliphatic carbocycles. The molecule has 1 fully saturated rings. The molecule has 0 bridgehead atoms. The Morgan fingerprint density at radius 3 is 2.45 bits per heavy atom. The molecule has 0 saturated carbocycles. The van der Waals surface area contributed by atoms with Crippen LogP contribution in [0.5, 0.6) is 0 Å². The molecule has 1 heterocycles. The number of hydrogen-bond acceptors (Lipinski definition) is 4. The number of rotatable bonds is 6. The maximum Gasteiger partial charge on any atom is 0.416 e. The van der Waals surface area contributed by atoms with E-state index in [1.54, 1.807) is 11.8 Å². The second-order valence-corrected chi connectivity index (χ2v) is 7.03. The van der Waals surface area contributed by atoms with Crippen LogP contribution in [0.25, 0.3) is 0 Å². The number of esters is 1. The van der Waals surface area contributed by atoms with Crippen LogP contribution in [0.3, 0.4) is 0 Å². The number of carbonyl (C=O) groups excluding carboxylic acids is 3. The van der Waals surface area contributed by atoms with Crippen molar-refractivity contribution in [2.24, 2.45) is 5.92 Å². The number of likely N-dealkylation sites (N-methyl/N-ethyl adjacent to an activating group) is 1. The molecule has 6 nitrogen and oxygen atoms in total.